The van der Waals surface area contributed by atoms with Gasteiger partial charge in [0.2, 0.25) is 5.91 Å². The molecule has 5 heteroatoms. The third-order valence-electron chi connectivity index (χ3n) is 1.25. The summed E-state index contributed by atoms with van der Waals surface area (Å²) in [5.74, 6) is -0.418. The van der Waals surface area contributed by atoms with E-state index in [1.54, 1.807) is 29.1 Å². The van der Waals surface area contributed by atoms with Crippen molar-refractivity contribution in [2.45, 2.75) is 6.54 Å². The van der Waals surface area contributed by atoms with Gasteiger partial charge < -0.3 is 10.3 Å². The van der Waals surface area contributed by atoms with Crippen LogP contribution in [-0.2, 0) is 11.3 Å². The number of nitrogens with zero attached hydrogens (tertiary/aromatic N) is 1. The molecule has 0 unspecified atom stereocenters. The molecule has 0 saturated heterocycles. The van der Waals surface area contributed by atoms with E-state index in [1.165, 1.54) is 0 Å². The van der Waals surface area contributed by atoms with Crippen LogP contribution in [0.2, 0.25) is 0 Å². The standard InChI is InChI=1S/C7H9N3O2/c8-7(12)9-6(11)5-10-3-1-2-4-10/h1-4H,5H2,(H3,8,9,11,12). The van der Waals surface area contributed by atoms with Crippen LogP contribution >= 0.6 is 0 Å². The smallest absolute Gasteiger partial charge is 0.318 e. The van der Waals surface area contributed by atoms with Crippen LogP contribution in [0.1, 0.15) is 0 Å². The molecular formula is C7H9N3O2. The van der Waals surface area contributed by atoms with Gasteiger partial charge in [-0.15, -0.1) is 0 Å². The summed E-state index contributed by atoms with van der Waals surface area (Å²) in [5, 5.41) is 1.96. The zero-order chi connectivity index (χ0) is 8.97. The van der Waals surface area contributed by atoms with Crippen LogP contribution in [0.25, 0.3) is 0 Å². The number of nitrogens with one attached hydrogen (secondary N) is 1. The normalized spacial score (nSPS) is 9.33. The van der Waals surface area contributed by atoms with Gasteiger partial charge in [-0.1, -0.05) is 0 Å². The van der Waals surface area contributed by atoms with Gasteiger partial charge in [0, 0.05) is 12.4 Å². The van der Waals surface area contributed by atoms with E-state index in [0.717, 1.165) is 0 Å². The number of carbonyl (C=O) groups excluding carboxylic acids is 2. The average molecular weight is 167 g/mol. The molecule has 64 valence electrons. The van der Waals surface area contributed by atoms with Crippen LogP contribution < -0.4 is 11.1 Å². The zero-order valence-corrected chi connectivity index (χ0v) is 6.36. The van der Waals surface area contributed by atoms with Crippen molar-refractivity contribution in [1.29, 1.82) is 0 Å². The van der Waals surface area contributed by atoms with Crippen LogP contribution in [0.5, 0.6) is 0 Å². The van der Waals surface area contributed by atoms with Gasteiger partial charge in [0.25, 0.3) is 0 Å². The van der Waals surface area contributed by atoms with Crippen LogP contribution in [0.15, 0.2) is 24.5 Å². The summed E-state index contributed by atoms with van der Waals surface area (Å²) in [6.45, 7) is 0.107. The van der Waals surface area contributed by atoms with Crippen molar-refractivity contribution in [3.05, 3.63) is 24.5 Å². The van der Waals surface area contributed by atoms with Gasteiger partial charge in [-0.05, 0) is 12.1 Å². The Bertz CT molecular complexity index is 279. The fourth-order valence-corrected chi connectivity index (χ4v) is 0.818. The van der Waals surface area contributed by atoms with E-state index in [2.05, 4.69) is 0 Å². The van der Waals surface area contributed by atoms with Gasteiger partial charge in [0.05, 0.1) is 0 Å². The van der Waals surface area contributed by atoms with E-state index in [9.17, 15) is 9.59 Å². The fourth-order valence-electron chi connectivity index (χ4n) is 0.818. The number of hydrogen-bond acceptors (Lipinski definition) is 2. The predicted molar refractivity (Wildman–Crippen MR) is 42.2 cm³/mol. The monoisotopic (exact) mass is 167 g/mol. The molecule has 0 radical (unpaired) electrons. The minimum Gasteiger partial charge on any atom is -0.351 e. The maximum atomic E-state index is 10.9. The lowest BCUT2D eigenvalue weighted by molar-refractivity contribution is -0.120. The number of aromatic nitrogens is 1. The highest BCUT2D eigenvalue weighted by atomic mass is 16.2. The molecule has 0 aliphatic heterocycles. The third-order valence-corrected chi connectivity index (χ3v) is 1.25. The van der Waals surface area contributed by atoms with Crippen molar-refractivity contribution in [3.63, 3.8) is 0 Å². The van der Waals surface area contributed by atoms with Gasteiger partial charge >= 0.3 is 6.03 Å². The quantitative estimate of drug-likeness (QED) is 0.633. The van der Waals surface area contributed by atoms with Crippen molar-refractivity contribution < 1.29 is 9.59 Å². The van der Waals surface area contributed by atoms with E-state index in [-0.39, 0.29) is 6.54 Å². The number of carbonyl (C=O) groups is 2. The molecule has 5 nitrogen and oxygen atoms in total. The molecule has 3 N–H and O–H groups in total. The molecular weight excluding hydrogens is 158 g/mol. The molecule has 0 spiro atoms. The van der Waals surface area contributed by atoms with Crippen LogP contribution in [-0.4, -0.2) is 16.5 Å². The number of primary amides is 1. The average Bonchev–Trinajstić information content (AvgIpc) is 2.37. The van der Waals surface area contributed by atoms with Crippen LogP contribution in [0.4, 0.5) is 4.79 Å². The molecule has 0 saturated carbocycles. The lowest BCUT2D eigenvalue weighted by atomic mass is 10.6. The predicted octanol–water partition coefficient (Wildman–Crippen LogP) is -0.317. The molecule has 0 fully saturated rings. The second kappa shape index (κ2) is 3.56. The summed E-state index contributed by atoms with van der Waals surface area (Å²) < 4.78 is 1.64. The number of nitrogens with two attached hydrogens (primary N) is 1. The molecule has 1 rings (SSSR count). The SMILES string of the molecule is NC(=O)NC(=O)Cn1cccc1. The molecule has 0 aliphatic carbocycles. The van der Waals surface area contributed by atoms with Gasteiger partial charge in [-0.2, -0.15) is 0 Å². The second-order valence-corrected chi connectivity index (χ2v) is 2.27. The molecule has 0 aliphatic rings. The topological polar surface area (TPSA) is 77.1 Å². The van der Waals surface area contributed by atoms with Gasteiger partial charge in [-0.25, -0.2) is 4.79 Å². The summed E-state index contributed by atoms with van der Waals surface area (Å²) in [6.07, 6.45) is 3.45. The lowest BCUT2D eigenvalue weighted by Crippen LogP contribution is -2.36. The minimum absolute atomic E-state index is 0.107. The first-order valence-corrected chi connectivity index (χ1v) is 3.38. The van der Waals surface area contributed by atoms with Crippen LogP contribution in [0, 0.1) is 0 Å². The number of hydrogen-bond donors (Lipinski definition) is 2. The maximum Gasteiger partial charge on any atom is 0.318 e. The third kappa shape index (κ3) is 2.45. The van der Waals surface area contributed by atoms with E-state index in [0.29, 0.717) is 0 Å². The highest BCUT2D eigenvalue weighted by Gasteiger charge is 2.02. The Balaban J connectivity index is 2.42. The largest absolute Gasteiger partial charge is 0.351 e. The molecule has 3 amide bonds. The molecule has 12 heavy (non-hydrogen) atoms. The number of urea groups is 1. The first-order chi connectivity index (χ1) is 5.68. The Kier molecular flexibility index (Phi) is 2.47. The van der Waals surface area contributed by atoms with E-state index in [1.807, 2.05) is 5.32 Å². The zero-order valence-electron chi connectivity index (χ0n) is 6.36. The van der Waals surface area contributed by atoms with E-state index >= 15 is 0 Å². The lowest BCUT2D eigenvalue weighted by Gasteiger charge is -2.00. The Morgan fingerprint density at radius 2 is 1.92 bits per heavy atom. The number of imide groups is 1. The van der Waals surface area contributed by atoms with Crippen molar-refractivity contribution in [3.8, 4) is 0 Å². The summed E-state index contributed by atoms with van der Waals surface area (Å²) >= 11 is 0. The highest BCUT2D eigenvalue weighted by Crippen LogP contribution is 1.88. The Labute approximate surface area is 69.2 Å². The molecule has 0 bridgehead atoms. The first kappa shape index (κ1) is 8.32. The summed E-state index contributed by atoms with van der Waals surface area (Å²) in [4.78, 5) is 21.1. The summed E-state index contributed by atoms with van der Waals surface area (Å²) in [5.41, 5.74) is 4.74. The number of amides is 3. The molecule has 1 aromatic rings. The van der Waals surface area contributed by atoms with Crippen LogP contribution in [0.3, 0.4) is 0 Å². The van der Waals surface area contributed by atoms with Gasteiger partial charge in [-0.3, -0.25) is 10.1 Å². The second-order valence-electron chi connectivity index (χ2n) is 2.27. The molecule has 0 atom stereocenters. The number of rotatable bonds is 2. The first-order valence-electron chi connectivity index (χ1n) is 3.38. The van der Waals surface area contributed by atoms with Gasteiger partial charge in [0.15, 0.2) is 0 Å². The van der Waals surface area contributed by atoms with Crippen molar-refractivity contribution in [1.82, 2.24) is 9.88 Å². The molecule has 1 heterocycles. The minimum atomic E-state index is -0.827. The van der Waals surface area contributed by atoms with E-state index < -0.39 is 11.9 Å². The maximum absolute atomic E-state index is 10.9. The Morgan fingerprint density at radius 1 is 1.33 bits per heavy atom. The Morgan fingerprint density at radius 3 is 2.42 bits per heavy atom. The summed E-state index contributed by atoms with van der Waals surface area (Å²) in [7, 11) is 0. The molecule has 1 aromatic heterocycles. The highest BCUT2D eigenvalue weighted by molar-refractivity contribution is 5.93. The van der Waals surface area contributed by atoms with Crippen molar-refractivity contribution in [2.75, 3.05) is 0 Å². The van der Waals surface area contributed by atoms with Crippen molar-refractivity contribution in [2.24, 2.45) is 5.73 Å². The Hall–Kier alpha value is -1.78. The van der Waals surface area contributed by atoms with E-state index in [4.69, 9.17) is 5.73 Å². The van der Waals surface area contributed by atoms with Gasteiger partial charge in [0.1, 0.15) is 6.54 Å². The fraction of sp³-hybridized carbons (Fsp3) is 0.143. The summed E-state index contributed by atoms with van der Waals surface area (Å²) in [6, 6.07) is 2.75. The molecule has 0 aromatic carbocycles. The van der Waals surface area contributed by atoms with Crippen molar-refractivity contribution >= 4 is 11.9 Å².